The van der Waals surface area contributed by atoms with Crippen LogP contribution in [0.5, 0.6) is 5.75 Å². The quantitative estimate of drug-likeness (QED) is 0.906. The molecule has 0 atom stereocenters. The molecule has 1 amide bonds. The number of ether oxygens (including phenoxy) is 1. The molecule has 0 aromatic carbocycles. The van der Waals surface area contributed by atoms with E-state index in [1.165, 1.54) is 24.2 Å². The summed E-state index contributed by atoms with van der Waals surface area (Å²) in [6.07, 6.45) is 4.82. The lowest BCUT2D eigenvalue weighted by atomic mass is 9.71. The standard InChI is InChI=1S/C15H22N2O2S.ClH/c1-19-12-2-11-20-13(12)14(18)17-9-5-15(6-10-17)3-7-16-8-4-15;/h2,11,16H,3-10H2,1H3;1H. The van der Waals surface area contributed by atoms with E-state index in [-0.39, 0.29) is 18.3 Å². The number of likely N-dealkylation sites (tertiary alicyclic amines) is 1. The van der Waals surface area contributed by atoms with Crippen molar-refractivity contribution in [2.24, 2.45) is 5.41 Å². The highest BCUT2D eigenvalue weighted by atomic mass is 35.5. The van der Waals surface area contributed by atoms with Crippen molar-refractivity contribution in [3.63, 3.8) is 0 Å². The van der Waals surface area contributed by atoms with Gasteiger partial charge in [0.05, 0.1) is 7.11 Å². The second-order valence-electron chi connectivity index (χ2n) is 5.86. The highest BCUT2D eigenvalue weighted by molar-refractivity contribution is 7.12. The number of hydrogen-bond acceptors (Lipinski definition) is 4. The van der Waals surface area contributed by atoms with Crippen LogP contribution >= 0.6 is 23.7 Å². The van der Waals surface area contributed by atoms with Gasteiger partial charge < -0.3 is 15.0 Å². The van der Waals surface area contributed by atoms with Gasteiger partial charge in [-0.2, -0.15) is 0 Å². The number of thiophene rings is 1. The molecule has 1 aromatic rings. The zero-order valence-corrected chi connectivity index (χ0v) is 14.0. The van der Waals surface area contributed by atoms with E-state index >= 15 is 0 Å². The molecule has 1 N–H and O–H groups in total. The van der Waals surface area contributed by atoms with Crippen molar-refractivity contribution >= 4 is 29.7 Å². The van der Waals surface area contributed by atoms with E-state index in [4.69, 9.17) is 4.74 Å². The third-order valence-electron chi connectivity index (χ3n) is 4.82. The Morgan fingerprint density at radius 2 is 1.95 bits per heavy atom. The average molecular weight is 331 g/mol. The maximum absolute atomic E-state index is 12.6. The van der Waals surface area contributed by atoms with Crippen LogP contribution in [0.2, 0.25) is 0 Å². The highest BCUT2D eigenvalue weighted by Gasteiger charge is 2.37. The Bertz CT molecular complexity index is 476. The predicted molar refractivity (Wildman–Crippen MR) is 87.8 cm³/mol. The number of hydrogen-bond donors (Lipinski definition) is 1. The van der Waals surface area contributed by atoms with Crippen molar-refractivity contribution in [1.82, 2.24) is 10.2 Å². The van der Waals surface area contributed by atoms with Gasteiger partial charge >= 0.3 is 0 Å². The van der Waals surface area contributed by atoms with Gasteiger partial charge in [0.15, 0.2) is 0 Å². The molecule has 2 saturated heterocycles. The molecule has 2 aliphatic heterocycles. The minimum absolute atomic E-state index is 0. The molecular formula is C15H23ClN2O2S. The van der Waals surface area contributed by atoms with E-state index in [2.05, 4.69) is 5.32 Å². The number of piperidine rings is 2. The zero-order chi connectivity index (χ0) is 14.0. The van der Waals surface area contributed by atoms with E-state index in [0.717, 1.165) is 43.9 Å². The summed E-state index contributed by atoms with van der Waals surface area (Å²) in [6.45, 7) is 4.04. The number of methoxy groups -OCH3 is 1. The third kappa shape index (κ3) is 3.35. The van der Waals surface area contributed by atoms with E-state index in [9.17, 15) is 4.79 Å². The minimum atomic E-state index is 0. The molecule has 3 heterocycles. The number of rotatable bonds is 2. The molecule has 21 heavy (non-hydrogen) atoms. The summed E-state index contributed by atoms with van der Waals surface area (Å²) in [6, 6.07) is 1.87. The van der Waals surface area contributed by atoms with Gasteiger partial charge in [-0.25, -0.2) is 0 Å². The number of amides is 1. The van der Waals surface area contributed by atoms with E-state index < -0.39 is 0 Å². The van der Waals surface area contributed by atoms with Gasteiger partial charge in [0.25, 0.3) is 5.91 Å². The van der Waals surface area contributed by atoms with Crippen LogP contribution in [0.4, 0.5) is 0 Å². The molecular weight excluding hydrogens is 308 g/mol. The summed E-state index contributed by atoms with van der Waals surface area (Å²) < 4.78 is 5.26. The second-order valence-corrected chi connectivity index (χ2v) is 6.78. The smallest absolute Gasteiger partial charge is 0.267 e. The molecule has 118 valence electrons. The van der Waals surface area contributed by atoms with Gasteiger partial charge in [0, 0.05) is 13.1 Å². The van der Waals surface area contributed by atoms with Crippen LogP contribution in [0.15, 0.2) is 11.4 Å². The molecule has 1 spiro atoms. The summed E-state index contributed by atoms with van der Waals surface area (Å²) >= 11 is 1.48. The molecule has 2 aliphatic rings. The van der Waals surface area contributed by atoms with E-state index in [0.29, 0.717) is 11.2 Å². The summed E-state index contributed by atoms with van der Waals surface area (Å²) in [4.78, 5) is 15.3. The van der Waals surface area contributed by atoms with Crippen molar-refractivity contribution in [2.75, 3.05) is 33.3 Å². The van der Waals surface area contributed by atoms with E-state index in [1.807, 2.05) is 16.3 Å². The van der Waals surface area contributed by atoms with Crippen molar-refractivity contribution in [3.8, 4) is 5.75 Å². The fraction of sp³-hybridized carbons (Fsp3) is 0.667. The normalized spacial score (nSPS) is 20.9. The van der Waals surface area contributed by atoms with Crippen LogP contribution in [-0.2, 0) is 0 Å². The number of nitrogens with zero attached hydrogens (tertiary/aromatic N) is 1. The van der Waals surface area contributed by atoms with Crippen LogP contribution in [-0.4, -0.2) is 44.1 Å². The Morgan fingerprint density at radius 1 is 1.29 bits per heavy atom. The van der Waals surface area contributed by atoms with Crippen molar-refractivity contribution in [1.29, 1.82) is 0 Å². The highest BCUT2D eigenvalue weighted by Crippen LogP contribution is 2.40. The Balaban J connectivity index is 0.00000161. The van der Waals surface area contributed by atoms with Gasteiger partial charge in [0.2, 0.25) is 0 Å². The van der Waals surface area contributed by atoms with Crippen molar-refractivity contribution in [3.05, 3.63) is 16.3 Å². The molecule has 2 fully saturated rings. The lowest BCUT2D eigenvalue weighted by molar-refractivity contribution is 0.0497. The Morgan fingerprint density at radius 3 is 2.57 bits per heavy atom. The van der Waals surface area contributed by atoms with Crippen LogP contribution < -0.4 is 10.1 Å². The minimum Gasteiger partial charge on any atom is -0.495 e. The molecule has 0 aliphatic carbocycles. The number of carbonyl (C=O) groups excluding carboxylic acids is 1. The first-order valence-electron chi connectivity index (χ1n) is 7.36. The summed E-state index contributed by atoms with van der Waals surface area (Å²) in [5, 5.41) is 5.35. The topological polar surface area (TPSA) is 41.6 Å². The monoisotopic (exact) mass is 330 g/mol. The molecule has 3 rings (SSSR count). The molecule has 6 heteroatoms. The fourth-order valence-electron chi connectivity index (χ4n) is 3.40. The zero-order valence-electron chi connectivity index (χ0n) is 12.4. The number of carbonyl (C=O) groups is 1. The van der Waals surface area contributed by atoms with Crippen LogP contribution in [0, 0.1) is 5.41 Å². The van der Waals surface area contributed by atoms with Crippen molar-refractivity contribution in [2.45, 2.75) is 25.7 Å². The van der Waals surface area contributed by atoms with Gasteiger partial charge in [-0.1, -0.05) is 0 Å². The molecule has 1 aromatic heterocycles. The molecule has 0 bridgehead atoms. The lowest BCUT2D eigenvalue weighted by Crippen LogP contribution is -2.47. The first-order valence-corrected chi connectivity index (χ1v) is 8.24. The number of halogens is 1. The van der Waals surface area contributed by atoms with Crippen molar-refractivity contribution < 1.29 is 9.53 Å². The van der Waals surface area contributed by atoms with Crippen LogP contribution in [0.1, 0.15) is 35.4 Å². The Kier molecular flexibility index (Phi) is 5.52. The summed E-state index contributed by atoms with van der Waals surface area (Å²) in [5.41, 5.74) is 0.488. The van der Waals surface area contributed by atoms with E-state index in [1.54, 1.807) is 7.11 Å². The third-order valence-corrected chi connectivity index (χ3v) is 5.70. The van der Waals surface area contributed by atoms with Crippen LogP contribution in [0.3, 0.4) is 0 Å². The lowest BCUT2D eigenvalue weighted by Gasteiger charge is -2.44. The fourth-order valence-corrected chi connectivity index (χ4v) is 4.22. The first kappa shape index (κ1) is 16.6. The molecule has 0 saturated carbocycles. The average Bonchev–Trinajstić information content (AvgIpc) is 2.97. The summed E-state index contributed by atoms with van der Waals surface area (Å²) in [7, 11) is 1.62. The number of nitrogens with one attached hydrogen (secondary N) is 1. The largest absolute Gasteiger partial charge is 0.495 e. The Labute approximate surface area is 136 Å². The van der Waals surface area contributed by atoms with Gasteiger partial charge in [0.1, 0.15) is 10.6 Å². The van der Waals surface area contributed by atoms with Gasteiger partial charge in [-0.15, -0.1) is 23.7 Å². The van der Waals surface area contributed by atoms with Gasteiger partial charge in [-0.3, -0.25) is 4.79 Å². The van der Waals surface area contributed by atoms with Crippen LogP contribution in [0.25, 0.3) is 0 Å². The Hall–Kier alpha value is -0.780. The maximum Gasteiger partial charge on any atom is 0.267 e. The molecule has 0 radical (unpaired) electrons. The second kappa shape index (κ2) is 6.99. The molecule has 0 unspecified atom stereocenters. The maximum atomic E-state index is 12.6. The summed E-state index contributed by atoms with van der Waals surface area (Å²) in [5.74, 6) is 0.850. The predicted octanol–water partition coefficient (Wildman–Crippen LogP) is 2.78. The van der Waals surface area contributed by atoms with Gasteiger partial charge in [-0.05, 0) is 55.6 Å². The SMILES string of the molecule is COc1ccsc1C(=O)N1CCC2(CCNCC2)CC1.Cl. The molecule has 4 nitrogen and oxygen atoms in total. The first-order chi connectivity index (χ1) is 9.74.